The summed E-state index contributed by atoms with van der Waals surface area (Å²) >= 11 is 0. The minimum atomic E-state index is -3.41. The summed E-state index contributed by atoms with van der Waals surface area (Å²) in [5.74, 6) is 0. The summed E-state index contributed by atoms with van der Waals surface area (Å²) in [4.78, 5) is 0.329. The standard InChI is InChI=1S/C13H23N3O3S/c1-3-19-12-4-6-16(7-5-12)20(17,18)13-8-11(9-14)15(2)10-13/h8,10,12H,3-7,9,14H2,1-2H3. The van der Waals surface area contributed by atoms with Crippen molar-refractivity contribution in [1.82, 2.24) is 8.87 Å². The molecular weight excluding hydrogens is 278 g/mol. The van der Waals surface area contributed by atoms with Crippen molar-refractivity contribution in [3.05, 3.63) is 18.0 Å². The molecule has 114 valence electrons. The van der Waals surface area contributed by atoms with Crippen LogP contribution in [0.2, 0.25) is 0 Å². The van der Waals surface area contributed by atoms with E-state index in [1.165, 1.54) is 4.31 Å². The third-order valence-corrected chi connectivity index (χ3v) is 5.60. The van der Waals surface area contributed by atoms with Crippen LogP contribution in [-0.2, 0) is 28.4 Å². The zero-order valence-electron chi connectivity index (χ0n) is 12.1. The van der Waals surface area contributed by atoms with Crippen molar-refractivity contribution >= 4 is 10.0 Å². The molecule has 1 saturated heterocycles. The van der Waals surface area contributed by atoms with E-state index < -0.39 is 10.0 Å². The molecule has 0 atom stereocenters. The fourth-order valence-corrected chi connectivity index (χ4v) is 4.11. The first-order valence-electron chi connectivity index (χ1n) is 6.96. The molecule has 2 N–H and O–H groups in total. The molecule has 0 bridgehead atoms. The van der Waals surface area contributed by atoms with E-state index in [1.807, 2.05) is 14.0 Å². The van der Waals surface area contributed by atoms with Gasteiger partial charge in [0.25, 0.3) is 0 Å². The van der Waals surface area contributed by atoms with Gasteiger partial charge in [-0.3, -0.25) is 0 Å². The molecule has 1 aromatic heterocycles. The molecule has 1 fully saturated rings. The smallest absolute Gasteiger partial charge is 0.244 e. The summed E-state index contributed by atoms with van der Waals surface area (Å²) < 4.78 is 34.0. The quantitative estimate of drug-likeness (QED) is 0.867. The largest absolute Gasteiger partial charge is 0.378 e. The maximum atomic E-state index is 12.6. The van der Waals surface area contributed by atoms with E-state index in [0.717, 1.165) is 18.5 Å². The van der Waals surface area contributed by atoms with Gasteiger partial charge in [0.1, 0.15) is 4.90 Å². The predicted octanol–water partition coefficient (Wildman–Crippen LogP) is 0.673. The highest BCUT2D eigenvalue weighted by atomic mass is 32.2. The Morgan fingerprint density at radius 2 is 2.05 bits per heavy atom. The Bertz CT molecular complexity index is 545. The number of hydrogen-bond donors (Lipinski definition) is 1. The molecule has 7 heteroatoms. The van der Waals surface area contributed by atoms with E-state index in [1.54, 1.807) is 16.8 Å². The van der Waals surface area contributed by atoms with Gasteiger partial charge >= 0.3 is 0 Å². The first-order chi connectivity index (χ1) is 9.48. The molecule has 1 aliphatic rings. The maximum absolute atomic E-state index is 12.6. The van der Waals surface area contributed by atoms with Gasteiger partial charge in [-0.25, -0.2) is 8.42 Å². The van der Waals surface area contributed by atoms with Gasteiger partial charge in [-0.2, -0.15) is 4.31 Å². The molecule has 20 heavy (non-hydrogen) atoms. The SMILES string of the molecule is CCOC1CCN(S(=O)(=O)c2cc(CN)n(C)c2)CC1. The number of rotatable bonds is 5. The monoisotopic (exact) mass is 301 g/mol. The van der Waals surface area contributed by atoms with Crippen molar-refractivity contribution in [1.29, 1.82) is 0 Å². The number of aryl methyl sites for hydroxylation is 1. The molecule has 0 amide bonds. The molecule has 0 saturated carbocycles. The lowest BCUT2D eigenvalue weighted by Crippen LogP contribution is -2.40. The van der Waals surface area contributed by atoms with Gasteiger partial charge in [0.15, 0.2) is 0 Å². The summed E-state index contributed by atoms with van der Waals surface area (Å²) in [6, 6.07) is 1.66. The Kier molecular flexibility index (Phi) is 4.85. The lowest BCUT2D eigenvalue weighted by Gasteiger charge is -2.30. The zero-order chi connectivity index (χ0) is 14.8. The Labute approximate surface area is 120 Å². The van der Waals surface area contributed by atoms with Crippen LogP contribution in [0.5, 0.6) is 0 Å². The minimum absolute atomic E-state index is 0.182. The second-order valence-electron chi connectivity index (χ2n) is 5.04. The van der Waals surface area contributed by atoms with Crippen LogP contribution in [0.15, 0.2) is 17.2 Å². The van der Waals surface area contributed by atoms with Crippen LogP contribution >= 0.6 is 0 Å². The van der Waals surface area contributed by atoms with Crippen molar-refractivity contribution in [3.63, 3.8) is 0 Å². The fraction of sp³-hybridized carbons (Fsp3) is 0.692. The molecule has 2 heterocycles. The van der Waals surface area contributed by atoms with Crippen LogP contribution in [-0.4, -0.2) is 43.1 Å². The second kappa shape index (κ2) is 6.26. The molecule has 1 aliphatic heterocycles. The zero-order valence-corrected chi connectivity index (χ0v) is 12.9. The van der Waals surface area contributed by atoms with Crippen LogP contribution in [0.3, 0.4) is 0 Å². The van der Waals surface area contributed by atoms with Gasteiger partial charge in [-0.15, -0.1) is 0 Å². The van der Waals surface area contributed by atoms with Gasteiger partial charge in [-0.1, -0.05) is 0 Å². The van der Waals surface area contributed by atoms with Crippen molar-refractivity contribution in [2.75, 3.05) is 19.7 Å². The van der Waals surface area contributed by atoms with Crippen molar-refractivity contribution < 1.29 is 13.2 Å². The molecule has 0 unspecified atom stereocenters. The topological polar surface area (TPSA) is 77.6 Å². The minimum Gasteiger partial charge on any atom is -0.378 e. The average molecular weight is 301 g/mol. The molecular formula is C13H23N3O3S. The van der Waals surface area contributed by atoms with E-state index in [2.05, 4.69) is 0 Å². The second-order valence-corrected chi connectivity index (χ2v) is 6.98. The van der Waals surface area contributed by atoms with Gasteiger partial charge < -0.3 is 15.0 Å². The van der Waals surface area contributed by atoms with Crippen LogP contribution in [0, 0.1) is 0 Å². The Morgan fingerprint density at radius 1 is 1.40 bits per heavy atom. The highest BCUT2D eigenvalue weighted by molar-refractivity contribution is 7.89. The molecule has 0 spiro atoms. The fourth-order valence-electron chi connectivity index (χ4n) is 2.54. The number of aromatic nitrogens is 1. The Hall–Kier alpha value is -0.890. The van der Waals surface area contributed by atoms with Crippen LogP contribution in [0.1, 0.15) is 25.5 Å². The number of nitrogens with zero attached hydrogens (tertiary/aromatic N) is 2. The highest BCUT2D eigenvalue weighted by Crippen LogP contribution is 2.23. The predicted molar refractivity (Wildman–Crippen MR) is 76.7 cm³/mol. The van der Waals surface area contributed by atoms with E-state index in [-0.39, 0.29) is 6.10 Å². The van der Waals surface area contributed by atoms with Gasteiger partial charge in [-0.05, 0) is 25.8 Å². The lowest BCUT2D eigenvalue weighted by molar-refractivity contribution is 0.0290. The van der Waals surface area contributed by atoms with Crippen molar-refractivity contribution in [3.8, 4) is 0 Å². The third kappa shape index (κ3) is 3.06. The third-order valence-electron chi connectivity index (χ3n) is 3.73. The number of ether oxygens (including phenoxy) is 1. The van der Waals surface area contributed by atoms with Crippen LogP contribution in [0.25, 0.3) is 0 Å². The van der Waals surface area contributed by atoms with Gasteiger partial charge in [0.2, 0.25) is 10.0 Å². The molecule has 2 rings (SSSR count). The summed E-state index contributed by atoms with van der Waals surface area (Å²) in [5.41, 5.74) is 6.40. The van der Waals surface area contributed by atoms with E-state index >= 15 is 0 Å². The normalized spacial score (nSPS) is 18.6. The van der Waals surface area contributed by atoms with Gasteiger partial charge in [0, 0.05) is 45.2 Å². The van der Waals surface area contributed by atoms with E-state index in [4.69, 9.17) is 10.5 Å². The summed E-state index contributed by atoms with van der Waals surface area (Å²) in [5, 5.41) is 0. The summed E-state index contributed by atoms with van der Waals surface area (Å²) in [6.07, 6.45) is 3.32. The maximum Gasteiger partial charge on any atom is 0.244 e. The molecule has 0 radical (unpaired) electrons. The number of nitrogens with two attached hydrogens (primary N) is 1. The first kappa shape index (κ1) is 15.5. The summed E-state index contributed by atoms with van der Waals surface area (Å²) in [6.45, 7) is 4.00. The lowest BCUT2D eigenvalue weighted by atomic mass is 10.1. The van der Waals surface area contributed by atoms with Crippen LogP contribution < -0.4 is 5.73 Å². The average Bonchev–Trinajstić information content (AvgIpc) is 2.82. The van der Waals surface area contributed by atoms with Gasteiger partial charge in [0.05, 0.1) is 6.10 Å². The first-order valence-corrected chi connectivity index (χ1v) is 8.40. The Balaban J connectivity index is 2.11. The number of sulfonamides is 1. The van der Waals surface area contributed by atoms with E-state index in [9.17, 15) is 8.42 Å². The number of piperidine rings is 1. The van der Waals surface area contributed by atoms with Crippen molar-refractivity contribution in [2.24, 2.45) is 12.8 Å². The van der Waals surface area contributed by atoms with Crippen molar-refractivity contribution in [2.45, 2.75) is 37.3 Å². The molecule has 0 aromatic carbocycles. The molecule has 6 nitrogen and oxygen atoms in total. The number of hydrogen-bond acceptors (Lipinski definition) is 4. The Morgan fingerprint density at radius 3 is 2.55 bits per heavy atom. The highest BCUT2D eigenvalue weighted by Gasteiger charge is 2.30. The molecule has 1 aromatic rings. The molecule has 0 aliphatic carbocycles. The summed E-state index contributed by atoms with van der Waals surface area (Å²) in [7, 11) is -1.60. The van der Waals surface area contributed by atoms with E-state index in [0.29, 0.717) is 31.1 Å². The van der Waals surface area contributed by atoms with Crippen LogP contribution in [0.4, 0.5) is 0 Å².